The lowest BCUT2D eigenvalue weighted by molar-refractivity contribution is -0.123. The Morgan fingerprint density at radius 2 is 2.35 bits per heavy atom. The Labute approximate surface area is 100 Å². The van der Waals surface area contributed by atoms with Crippen LogP contribution in [0.15, 0.2) is 12.4 Å². The summed E-state index contributed by atoms with van der Waals surface area (Å²) in [4.78, 5) is 11.5. The molecular weight excluding hydrogens is 220 g/mol. The molecule has 1 aromatic heterocycles. The molecule has 2 N–H and O–H groups in total. The normalized spacial score (nSPS) is 17.5. The minimum atomic E-state index is -0.637. The van der Waals surface area contributed by atoms with Crippen LogP contribution in [0.5, 0.6) is 0 Å². The van der Waals surface area contributed by atoms with Crippen LogP contribution < -0.4 is 5.32 Å². The van der Waals surface area contributed by atoms with Crippen LogP contribution >= 0.6 is 0 Å². The number of aromatic nitrogens is 3. The smallest absolute Gasteiger partial charge is 0.220 e. The van der Waals surface area contributed by atoms with Crippen molar-refractivity contribution < 1.29 is 9.90 Å². The van der Waals surface area contributed by atoms with Crippen LogP contribution in [0.4, 0.5) is 0 Å². The summed E-state index contributed by atoms with van der Waals surface area (Å²) in [6.07, 6.45) is 7.22. The lowest BCUT2D eigenvalue weighted by atomic mass is 9.80. The number of aliphatic hydroxyl groups is 1. The number of hydrogen-bond acceptors (Lipinski definition) is 4. The van der Waals surface area contributed by atoms with Gasteiger partial charge in [0.1, 0.15) is 0 Å². The summed E-state index contributed by atoms with van der Waals surface area (Å²) >= 11 is 0. The van der Waals surface area contributed by atoms with E-state index >= 15 is 0 Å². The second-order valence-electron chi connectivity index (χ2n) is 4.62. The van der Waals surface area contributed by atoms with E-state index in [2.05, 4.69) is 15.6 Å². The zero-order valence-corrected chi connectivity index (χ0v) is 9.80. The van der Waals surface area contributed by atoms with E-state index in [-0.39, 0.29) is 5.91 Å². The van der Waals surface area contributed by atoms with Gasteiger partial charge in [-0.3, -0.25) is 9.48 Å². The maximum atomic E-state index is 11.5. The quantitative estimate of drug-likeness (QED) is 0.736. The number of nitrogens with zero attached hydrogens (tertiary/aromatic N) is 3. The highest BCUT2D eigenvalue weighted by Gasteiger charge is 2.34. The first-order valence-electron chi connectivity index (χ1n) is 6.01. The molecule has 1 aromatic rings. The van der Waals surface area contributed by atoms with E-state index in [1.54, 1.807) is 17.1 Å². The zero-order valence-electron chi connectivity index (χ0n) is 9.80. The van der Waals surface area contributed by atoms with Crippen LogP contribution in [0.1, 0.15) is 32.1 Å². The highest BCUT2D eigenvalue weighted by atomic mass is 16.3. The summed E-state index contributed by atoms with van der Waals surface area (Å²) in [5.74, 6) is -0.00885. The Morgan fingerprint density at radius 1 is 1.53 bits per heavy atom. The molecule has 0 aromatic carbocycles. The zero-order chi connectivity index (χ0) is 12.1. The minimum Gasteiger partial charge on any atom is -0.388 e. The fourth-order valence-corrected chi connectivity index (χ4v) is 1.87. The van der Waals surface area contributed by atoms with Gasteiger partial charge in [0.2, 0.25) is 5.91 Å². The van der Waals surface area contributed by atoms with Crippen molar-refractivity contribution in [1.29, 1.82) is 0 Å². The molecule has 0 atom stereocenters. The minimum absolute atomic E-state index is 0.00885. The number of carbonyl (C=O) groups is 1. The van der Waals surface area contributed by atoms with Crippen LogP contribution in [0.2, 0.25) is 0 Å². The Bertz CT molecular complexity index is 360. The van der Waals surface area contributed by atoms with Gasteiger partial charge in [-0.05, 0) is 25.7 Å². The number of rotatable bonds is 6. The van der Waals surface area contributed by atoms with E-state index in [0.29, 0.717) is 19.5 Å². The van der Waals surface area contributed by atoms with Gasteiger partial charge in [0.05, 0.1) is 11.8 Å². The van der Waals surface area contributed by atoms with Crippen molar-refractivity contribution in [3.8, 4) is 0 Å². The summed E-state index contributed by atoms with van der Waals surface area (Å²) in [5.41, 5.74) is -0.637. The largest absolute Gasteiger partial charge is 0.388 e. The topological polar surface area (TPSA) is 80.0 Å². The van der Waals surface area contributed by atoms with E-state index in [1.165, 1.54) is 0 Å². The molecule has 2 rings (SSSR count). The summed E-state index contributed by atoms with van der Waals surface area (Å²) in [6, 6.07) is 0. The molecule has 0 radical (unpaired) electrons. The van der Waals surface area contributed by atoms with Crippen LogP contribution in [0.3, 0.4) is 0 Å². The van der Waals surface area contributed by atoms with Crippen molar-refractivity contribution in [1.82, 2.24) is 20.3 Å². The molecule has 1 aliphatic rings. The highest BCUT2D eigenvalue weighted by Crippen LogP contribution is 2.30. The Hall–Kier alpha value is -1.43. The van der Waals surface area contributed by atoms with Crippen molar-refractivity contribution in [3.05, 3.63) is 12.4 Å². The first-order chi connectivity index (χ1) is 8.18. The molecule has 0 aliphatic heterocycles. The Kier molecular flexibility index (Phi) is 3.73. The third-order valence-electron chi connectivity index (χ3n) is 3.16. The standard InChI is InChI=1S/C11H18N4O2/c16-10(12-9-11(17)4-2-5-11)3-1-7-15-8-6-13-14-15/h6,8,17H,1-5,7,9H2,(H,12,16). The van der Waals surface area contributed by atoms with E-state index in [0.717, 1.165) is 25.7 Å². The van der Waals surface area contributed by atoms with Gasteiger partial charge in [-0.1, -0.05) is 5.21 Å². The van der Waals surface area contributed by atoms with Gasteiger partial charge in [-0.2, -0.15) is 0 Å². The first-order valence-corrected chi connectivity index (χ1v) is 6.01. The molecule has 6 nitrogen and oxygen atoms in total. The van der Waals surface area contributed by atoms with Gasteiger partial charge in [0.15, 0.2) is 0 Å². The molecular formula is C11H18N4O2. The van der Waals surface area contributed by atoms with Gasteiger partial charge in [-0.15, -0.1) is 5.10 Å². The van der Waals surface area contributed by atoms with Crippen molar-refractivity contribution in [2.24, 2.45) is 0 Å². The third kappa shape index (κ3) is 3.52. The molecule has 1 saturated carbocycles. The number of amides is 1. The van der Waals surface area contributed by atoms with Gasteiger partial charge in [0.25, 0.3) is 0 Å². The van der Waals surface area contributed by atoms with E-state index in [1.807, 2.05) is 0 Å². The molecule has 0 saturated heterocycles. The molecule has 0 bridgehead atoms. The number of nitrogens with one attached hydrogen (secondary N) is 1. The van der Waals surface area contributed by atoms with Gasteiger partial charge >= 0.3 is 0 Å². The SMILES string of the molecule is O=C(CCCn1ccnn1)NCC1(O)CCC1. The first kappa shape index (κ1) is 12.0. The van der Waals surface area contributed by atoms with Crippen LogP contribution in [0.25, 0.3) is 0 Å². The van der Waals surface area contributed by atoms with E-state index in [4.69, 9.17) is 0 Å². The molecule has 94 valence electrons. The van der Waals surface area contributed by atoms with Crippen molar-refractivity contribution in [2.75, 3.05) is 6.54 Å². The van der Waals surface area contributed by atoms with Crippen LogP contribution in [0, 0.1) is 0 Å². The number of carbonyl (C=O) groups excluding carboxylic acids is 1. The molecule has 0 unspecified atom stereocenters. The lowest BCUT2D eigenvalue weighted by Gasteiger charge is -2.36. The highest BCUT2D eigenvalue weighted by molar-refractivity contribution is 5.75. The molecule has 1 aliphatic carbocycles. The predicted molar refractivity (Wildman–Crippen MR) is 61.1 cm³/mol. The fraction of sp³-hybridized carbons (Fsp3) is 0.727. The maximum absolute atomic E-state index is 11.5. The predicted octanol–water partition coefficient (Wildman–Crippen LogP) is 0.0895. The second-order valence-corrected chi connectivity index (χ2v) is 4.62. The summed E-state index contributed by atoms with van der Waals surface area (Å²) < 4.78 is 1.70. The molecule has 6 heteroatoms. The maximum Gasteiger partial charge on any atom is 0.220 e. The number of aryl methyl sites for hydroxylation is 1. The van der Waals surface area contributed by atoms with E-state index < -0.39 is 5.60 Å². The fourth-order valence-electron chi connectivity index (χ4n) is 1.87. The second kappa shape index (κ2) is 5.27. The van der Waals surface area contributed by atoms with E-state index in [9.17, 15) is 9.90 Å². The molecule has 17 heavy (non-hydrogen) atoms. The lowest BCUT2D eigenvalue weighted by Crippen LogP contribution is -2.47. The molecule has 0 spiro atoms. The van der Waals surface area contributed by atoms with Gasteiger partial charge < -0.3 is 10.4 Å². The van der Waals surface area contributed by atoms with Crippen molar-refractivity contribution in [2.45, 2.75) is 44.2 Å². The molecule has 1 heterocycles. The average Bonchev–Trinajstić information content (AvgIpc) is 2.77. The Morgan fingerprint density at radius 3 is 2.94 bits per heavy atom. The Balaban J connectivity index is 1.58. The molecule has 1 amide bonds. The average molecular weight is 238 g/mol. The summed E-state index contributed by atoms with van der Waals surface area (Å²) in [7, 11) is 0. The van der Waals surface area contributed by atoms with Crippen molar-refractivity contribution in [3.63, 3.8) is 0 Å². The van der Waals surface area contributed by atoms with Crippen LogP contribution in [-0.4, -0.2) is 38.2 Å². The summed E-state index contributed by atoms with van der Waals surface area (Å²) in [5, 5.41) is 20.1. The van der Waals surface area contributed by atoms with Gasteiger partial charge in [-0.25, -0.2) is 0 Å². The monoisotopic (exact) mass is 238 g/mol. The van der Waals surface area contributed by atoms with Crippen LogP contribution in [-0.2, 0) is 11.3 Å². The molecule has 1 fully saturated rings. The third-order valence-corrected chi connectivity index (χ3v) is 3.16. The summed E-state index contributed by atoms with van der Waals surface area (Å²) in [6.45, 7) is 1.08. The number of hydrogen-bond donors (Lipinski definition) is 2. The van der Waals surface area contributed by atoms with Gasteiger partial charge in [0, 0.05) is 25.7 Å². The van der Waals surface area contributed by atoms with Crippen molar-refractivity contribution >= 4 is 5.91 Å².